The standard InChI is InChI=1S/C45H41NO2P2/c47-42(39-28-14-17-31-43(39)49(35-20-5-1-6-21-35)36-22-7-2-8-23-36)33-34-19-13-16-30-41(34)46-45(48)40-29-15-18-32-44(40)50(37-24-9-3-10-25-37)38-26-11-4-12-27-38/h1-12,14-15,17-18,20-29,31-32,34,41H,13,16,19,30,33H2,(H,46,48)/t34-,41?/m0/s1. The largest absolute Gasteiger partial charge is 0.349 e. The van der Waals surface area contributed by atoms with Crippen LogP contribution in [0, 0.1) is 5.92 Å². The highest BCUT2D eigenvalue weighted by molar-refractivity contribution is 7.80. The molecule has 1 amide bonds. The maximum Gasteiger partial charge on any atom is 0.252 e. The third-order valence-electron chi connectivity index (χ3n) is 9.57. The van der Waals surface area contributed by atoms with E-state index >= 15 is 0 Å². The van der Waals surface area contributed by atoms with Crippen molar-refractivity contribution >= 4 is 59.4 Å². The summed E-state index contributed by atoms with van der Waals surface area (Å²) in [5, 5.41) is 10.5. The maximum absolute atomic E-state index is 14.4. The van der Waals surface area contributed by atoms with Crippen molar-refractivity contribution in [1.29, 1.82) is 0 Å². The van der Waals surface area contributed by atoms with Gasteiger partial charge in [-0.15, -0.1) is 0 Å². The molecular formula is C45H41NO2P2. The van der Waals surface area contributed by atoms with Crippen molar-refractivity contribution in [3.8, 4) is 0 Å². The molecule has 1 unspecified atom stereocenters. The molecule has 2 atom stereocenters. The molecular weight excluding hydrogens is 648 g/mol. The van der Waals surface area contributed by atoms with Gasteiger partial charge in [-0.3, -0.25) is 9.59 Å². The summed E-state index contributed by atoms with van der Waals surface area (Å²) < 4.78 is 0. The Balaban J connectivity index is 1.15. The topological polar surface area (TPSA) is 46.2 Å². The SMILES string of the molecule is O=C(C[C@@H]1CCCCC1NC(=O)c1ccccc1P(c1ccccc1)c1ccccc1)c1ccccc1P(c1ccccc1)c1ccccc1. The monoisotopic (exact) mass is 689 g/mol. The molecule has 0 spiro atoms. The van der Waals surface area contributed by atoms with Crippen LogP contribution in [0.2, 0.25) is 0 Å². The van der Waals surface area contributed by atoms with Crippen LogP contribution in [0.5, 0.6) is 0 Å². The number of amides is 1. The van der Waals surface area contributed by atoms with Crippen LogP contribution in [0.4, 0.5) is 0 Å². The first-order valence-electron chi connectivity index (χ1n) is 17.5. The summed E-state index contributed by atoms with van der Waals surface area (Å²) in [6, 6.07) is 58.2. The van der Waals surface area contributed by atoms with Gasteiger partial charge in [0, 0.05) is 23.6 Å². The molecule has 1 aliphatic rings. The third-order valence-corrected chi connectivity index (χ3v) is 14.6. The van der Waals surface area contributed by atoms with E-state index in [1.807, 2.05) is 60.7 Å². The molecule has 0 radical (unpaired) electrons. The lowest BCUT2D eigenvalue weighted by atomic mass is 9.80. The van der Waals surface area contributed by atoms with E-state index in [0.717, 1.165) is 41.9 Å². The zero-order valence-electron chi connectivity index (χ0n) is 28.1. The van der Waals surface area contributed by atoms with Crippen LogP contribution < -0.4 is 37.1 Å². The second-order valence-corrected chi connectivity index (χ2v) is 17.2. The maximum atomic E-state index is 14.4. The van der Waals surface area contributed by atoms with E-state index in [4.69, 9.17) is 0 Å². The smallest absolute Gasteiger partial charge is 0.252 e. The third kappa shape index (κ3) is 7.71. The highest BCUT2D eigenvalue weighted by Crippen LogP contribution is 2.37. The molecule has 0 heterocycles. The van der Waals surface area contributed by atoms with Crippen LogP contribution in [0.25, 0.3) is 0 Å². The van der Waals surface area contributed by atoms with Gasteiger partial charge in [0.05, 0.1) is 0 Å². The minimum absolute atomic E-state index is 0.0543. The van der Waals surface area contributed by atoms with Crippen molar-refractivity contribution in [2.75, 3.05) is 0 Å². The van der Waals surface area contributed by atoms with E-state index in [1.165, 1.54) is 21.2 Å². The van der Waals surface area contributed by atoms with Gasteiger partial charge in [-0.25, -0.2) is 0 Å². The fourth-order valence-corrected chi connectivity index (χ4v) is 12.1. The number of carbonyl (C=O) groups is 2. The summed E-state index contributed by atoms with van der Waals surface area (Å²) >= 11 is 0. The van der Waals surface area contributed by atoms with Crippen LogP contribution in [-0.4, -0.2) is 17.7 Å². The lowest BCUT2D eigenvalue weighted by Gasteiger charge is -2.33. The Kier molecular flexibility index (Phi) is 11.1. The van der Waals surface area contributed by atoms with Crippen LogP contribution >= 0.6 is 15.8 Å². The van der Waals surface area contributed by atoms with Gasteiger partial charge in [-0.1, -0.05) is 177 Å². The summed E-state index contributed by atoms with van der Waals surface area (Å²) in [6.45, 7) is 0. The molecule has 1 N–H and O–H groups in total. The Bertz CT molecular complexity index is 1790. The van der Waals surface area contributed by atoms with E-state index < -0.39 is 15.8 Å². The van der Waals surface area contributed by atoms with Gasteiger partial charge in [0.15, 0.2) is 5.78 Å². The number of nitrogens with one attached hydrogen (secondary N) is 1. The minimum Gasteiger partial charge on any atom is -0.349 e. The Morgan fingerprint density at radius 3 is 1.34 bits per heavy atom. The van der Waals surface area contributed by atoms with E-state index in [0.29, 0.717) is 12.0 Å². The summed E-state index contributed by atoms with van der Waals surface area (Å²) in [6.07, 6.45) is 4.32. The van der Waals surface area contributed by atoms with Crippen molar-refractivity contribution in [3.05, 3.63) is 181 Å². The number of rotatable bonds is 11. The Labute approximate surface area is 298 Å². The molecule has 0 aliphatic heterocycles. The summed E-state index contributed by atoms with van der Waals surface area (Å²) in [5.74, 6) is 0.175. The fourth-order valence-electron chi connectivity index (χ4n) is 7.16. The summed E-state index contributed by atoms with van der Waals surface area (Å²) in [5.41, 5.74) is 1.51. The summed E-state index contributed by atoms with van der Waals surface area (Å²) in [7, 11) is -1.85. The number of carbonyl (C=O) groups excluding carboxylic acids is 2. The molecule has 0 saturated heterocycles. The highest BCUT2D eigenvalue weighted by atomic mass is 31.1. The molecule has 5 heteroatoms. The van der Waals surface area contributed by atoms with Crippen molar-refractivity contribution < 1.29 is 9.59 Å². The zero-order valence-corrected chi connectivity index (χ0v) is 29.9. The van der Waals surface area contributed by atoms with E-state index in [2.05, 4.69) is 115 Å². The van der Waals surface area contributed by atoms with E-state index in [9.17, 15) is 9.59 Å². The first-order valence-corrected chi connectivity index (χ1v) is 20.2. The number of benzene rings is 6. The number of hydrogen-bond donors (Lipinski definition) is 1. The number of ketones is 1. The van der Waals surface area contributed by atoms with Gasteiger partial charge < -0.3 is 5.32 Å². The van der Waals surface area contributed by atoms with Crippen molar-refractivity contribution in [1.82, 2.24) is 5.32 Å². The van der Waals surface area contributed by atoms with Crippen LogP contribution in [0.1, 0.15) is 52.8 Å². The quantitative estimate of drug-likeness (QED) is 0.112. The minimum atomic E-state index is -0.939. The fraction of sp³-hybridized carbons (Fsp3) is 0.156. The van der Waals surface area contributed by atoms with Crippen LogP contribution in [0.3, 0.4) is 0 Å². The normalized spacial score (nSPS) is 15.9. The lowest BCUT2D eigenvalue weighted by molar-refractivity contribution is 0.0861. The van der Waals surface area contributed by atoms with Gasteiger partial charge in [0.1, 0.15) is 0 Å². The molecule has 1 fully saturated rings. The summed E-state index contributed by atoms with van der Waals surface area (Å²) in [4.78, 5) is 28.6. The second kappa shape index (κ2) is 16.4. The predicted octanol–water partition coefficient (Wildman–Crippen LogP) is 7.76. The van der Waals surface area contributed by atoms with E-state index in [1.54, 1.807) is 0 Å². The van der Waals surface area contributed by atoms with Crippen molar-refractivity contribution in [3.63, 3.8) is 0 Å². The highest BCUT2D eigenvalue weighted by Gasteiger charge is 2.32. The number of Topliss-reactive ketones (excluding diaryl/α,β-unsaturated/α-hetero) is 1. The zero-order chi connectivity index (χ0) is 34.1. The average molecular weight is 690 g/mol. The molecule has 0 aromatic heterocycles. The molecule has 6 aromatic carbocycles. The lowest BCUT2D eigenvalue weighted by Crippen LogP contribution is -2.44. The van der Waals surface area contributed by atoms with Gasteiger partial charge in [-0.05, 0) is 72.5 Å². The van der Waals surface area contributed by atoms with Crippen LogP contribution in [0.15, 0.2) is 170 Å². The van der Waals surface area contributed by atoms with Gasteiger partial charge in [0.25, 0.3) is 5.91 Å². The van der Waals surface area contributed by atoms with Crippen molar-refractivity contribution in [2.24, 2.45) is 5.92 Å². The molecule has 50 heavy (non-hydrogen) atoms. The second-order valence-electron chi connectivity index (χ2n) is 12.8. The van der Waals surface area contributed by atoms with Gasteiger partial charge in [0.2, 0.25) is 0 Å². The van der Waals surface area contributed by atoms with Gasteiger partial charge >= 0.3 is 0 Å². The Morgan fingerprint density at radius 1 is 0.480 bits per heavy atom. The van der Waals surface area contributed by atoms with Crippen molar-refractivity contribution in [2.45, 2.75) is 38.1 Å². The molecule has 0 bridgehead atoms. The molecule has 1 aliphatic carbocycles. The Hall–Kier alpha value is -4.68. The first kappa shape index (κ1) is 33.8. The number of hydrogen-bond acceptors (Lipinski definition) is 2. The molecule has 3 nitrogen and oxygen atoms in total. The van der Waals surface area contributed by atoms with Crippen LogP contribution in [-0.2, 0) is 0 Å². The first-order chi connectivity index (χ1) is 24.7. The molecule has 6 aromatic rings. The molecule has 1 saturated carbocycles. The van der Waals surface area contributed by atoms with E-state index in [-0.39, 0.29) is 23.7 Å². The Morgan fingerprint density at radius 2 is 0.860 bits per heavy atom. The molecule has 7 rings (SSSR count). The average Bonchev–Trinajstić information content (AvgIpc) is 3.18. The van der Waals surface area contributed by atoms with Gasteiger partial charge in [-0.2, -0.15) is 0 Å². The predicted molar refractivity (Wildman–Crippen MR) is 212 cm³/mol. The molecule has 248 valence electrons.